The van der Waals surface area contributed by atoms with E-state index in [2.05, 4.69) is 53.3 Å². The minimum Gasteiger partial charge on any atom is -0.438 e. The monoisotopic (exact) mass is 433 g/mol. The molecule has 1 aliphatic carbocycles. The van der Waals surface area contributed by atoms with Gasteiger partial charge in [0.05, 0.1) is 5.69 Å². The fourth-order valence-corrected chi connectivity index (χ4v) is 5.21. The molecule has 3 heteroatoms. The Morgan fingerprint density at radius 2 is 1.67 bits per heavy atom. The Labute approximate surface area is 195 Å². The van der Waals surface area contributed by atoms with Crippen LogP contribution in [0, 0.1) is 5.92 Å². The molecule has 33 heavy (non-hydrogen) atoms. The van der Waals surface area contributed by atoms with E-state index in [1.807, 2.05) is 42.7 Å². The number of rotatable bonds is 4. The largest absolute Gasteiger partial charge is 0.438 e. The minimum atomic E-state index is -0.598. The molecule has 0 saturated heterocycles. The van der Waals surface area contributed by atoms with E-state index in [0.29, 0.717) is 11.6 Å². The first-order valence-corrected chi connectivity index (χ1v) is 11.9. The first-order valence-electron chi connectivity index (χ1n) is 12.4. The van der Waals surface area contributed by atoms with Crippen LogP contribution >= 0.6 is 0 Å². The molecule has 0 amide bonds. The Morgan fingerprint density at radius 3 is 2.52 bits per heavy atom. The highest BCUT2D eigenvalue weighted by Crippen LogP contribution is 2.37. The van der Waals surface area contributed by atoms with E-state index in [1.165, 1.54) is 19.3 Å². The van der Waals surface area contributed by atoms with Crippen molar-refractivity contribution in [2.45, 2.75) is 44.9 Å². The first kappa shape index (κ1) is 19.0. The smallest absolute Gasteiger partial charge is 0.227 e. The number of benzene rings is 2. The van der Waals surface area contributed by atoms with Crippen molar-refractivity contribution in [1.29, 1.82) is 0 Å². The maximum atomic E-state index is 9.19. The van der Waals surface area contributed by atoms with Gasteiger partial charge in [0.2, 0.25) is 5.71 Å². The molecule has 2 aromatic carbocycles. The lowest BCUT2D eigenvalue weighted by Crippen LogP contribution is -2.14. The third kappa shape index (κ3) is 3.82. The molecule has 0 N–H and O–H groups in total. The Hall–Kier alpha value is -3.46. The number of aromatic nitrogens is 2. The van der Waals surface area contributed by atoms with Gasteiger partial charge in [-0.2, -0.15) is 0 Å². The van der Waals surface area contributed by atoms with Gasteiger partial charge in [-0.25, -0.2) is 4.98 Å². The normalized spacial score (nSPS) is 17.2. The fourth-order valence-electron chi connectivity index (χ4n) is 5.21. The van der Waals surface area contributed by atoms with Gasteiger partial charge in [0.25, 0.3) is 0 Å². The molecule has 5 aromatic rings. The first-order chi connectivity index (χ1) is 16.6. The van der Waals surface area contributed by atoms with E-state index in [-0.39, 0.29) is 0 Å². The van der Waals surface area contributed by atoms with Crippen molar-refractivity contribution >= 4 is 22.1 Å². The van der Waals surface area contributed by atoms with Gasteiger partial charge in [0.15, 0.2) is 0 Å². The SMILES string of the molecule is [2H]C(C)(c1ccnc(-c2ccc3oc4ncc(-c5ccccc5)cc4c3c2)c1)C1CCCCC1. The molecular weight excluding hydrogens is 404 g/mol. The summed E-state index contributed by atoms with van der Waals surface area (Å²) in [5.41, 5.74) is 6.64. The molecule has 0 radical (unpaired) electrons. The van der Waals surface area contributed by atoms with Crippen molar-refractivity contribution in [1.82, 2.24) is 9.97 Å². The van der Waals surface area contributed by atoms with E-state index >= 15 is 0 Å². The second-order valence-corrected chi connectivity index (χ2v) is 9.20. The van der Waals surface area contributed by atoms with Gasteiger partial charge in [-0.15, -0.1) is 0 Å². The summed E-state index contributed by atoms with van der Waals surface area (Å²) in [6, 6.07) is 22.8. The average Bonchev–Trinajstić information content (AvgIpc) is 3.27. The van der Waals surface area contributed by atoms with Crippen LogP contribution in [0.15, 0.2) is 83.5 Å². The van der Waals surface area contributed by atoms with Crippen molar-refractivity contribution in [3.05, 3.63) is 84.7 Å². The molecule has 1 atom stereocenters. The van der Waals surface area contributed by atoms with Crippen LogP contribution in [-0.4, -0.2) is 9.97 Å². The molecule has 1 aliphatic rings. The summed E-state index contributed by atoms with van der Waals surface area (Å²) < 4.78 is 15.2. The fraction of sp³-hybridized carbons (Fsp3) is 0.267. The van der Waals surface area contributed by atoms with Gasteiger partial charge >= 0.3 is 0 Å². The maximum Gasteiger partial charge on any atom is 0.227 e. The maximum absolute atomic E-state index is 9.19. The van der Waals surface area contributed by atoms with Crippen molar-refractivity contribution in [3.63, 3.8) is 0 Å². The molecule has 6 rings (SSSR count). The molecule has 3 aromatic heterocycles. The van der Waals surface area contributed by atoms with E-state index in [1.54, 1.807) is 0 Å². The molecule has 3 heterocycles. The van der Waals surface area contributed by atoms with E-state index < -0.39 is 5.89 Å². The summed E-state index contributed by atoms with van der Waals surface area (Å²) >= 11 is 0. The molecule has 164 valence electrons. The van der Waals surface area contributed by atoms with Gasteiger partial charge in [0.1, 0.15) is 5.58 Å². The van der Waals surface area contributed by atoms with Crippen molar-refractivity contribution < 1.29 is 5.79 Å². The van der Waals surface area contributed by atoms with Crippen LogP contribution in [-0.2, 0) is 0 Å². The summed E-state index contributed by atoms with van der Waals surface area (Å²) in [7, 11) is 0. The van der Waals surface area contributed by atoms with Gasteiger partial charge in [-0.1, -0.05) is 56.5 Å². The summed E-state index contributed by atoms with van der Waals surface area (Å²) in [6.45, 7) is 2.08. The van der Waals surface area contributed by atoms with Crippen molar-refractivity contribution in [2.24, 2.45) is 5.92 Å². The quantitative estimate of drug-likeness (QED) is 0.286. The van der Waals surface area contributed by atoms with Gasteiger partial charge in [-0.3, -0.25) is 4.98 Å². The highest BCUT2D eigenvalue weighted by Gasteiger charge is 2.22. The number of furan rings is 1. The second kappa shape index (κ2) is 8.47. The summed E-state index contributed by atoms with van der Waals surface area (Å²) in [5, 5.41) is 2.03. The highest BCUT2D eigenvalue weighted by molar-refractivity contribution is 6.06. The number of fused-ring (bicyclic) bond motifs is 3. The van der Waals surface area contributed by atoms with Gasteiger partial charge < -0.3 is 4.42 Å². The second-order valence-electron chi connectivity index (χ2n) is 9.20. The Kier molecular flexibility index (Phi) is 4.89. The number of nitrogens with zero attached hydrogens (tertiary/aromatic N) is 2. The minimum absolute atomic E-state index is 0.402. The van der Waals surface area contributed by atoms with E-state index in [9.17, 15) is 1.37 Å². The topological polar surface area (TPSA) is 38.9 Å². The summed E-state index contributed by atoms with van der Waals surface area (Å²) in [6.07, 6.45) is 9.77. The van der Waals surface area contributed by atoms with Crippen LogP contribution < -0.4 is 0 Å². The summed E-state index contributed by atoms with van der Waals surface area (Å²) in [4.78, 5) is 9.26. The molecular formula is C30H28N2O. The third-order valence-corrected chi connectivity index (χ3v) is 7.16. The number of hydrogen-bond donors (Lipinski definition) is 0. The van der Waals surface area contributed by atoms with Crippen molar-refractivity contribution in [2.75, 3.05) is 0 Å². The molecule has 0 spiro atoms. The van der Waals surface area contributed by atoms with Crippen LogP contribution in [0.4, 0.5) is 0 Å². The predicted octanol–water partition coefficient (Wildman–Crippen LogP) is 8.39. The van der Waals surface area contributed by atoms with E-state index in [0.717, 1.165) is 57.1 Å². The predicted molar refractivity (Wildman–Crippen MR) is 135 cm³/mol. The number of pyridine rings is 2. The molecule has 0 bridgehead atoms. The average molecular weight is 434 g/mol. The van der Waals surface area contributed by atoms with Crippen LogP contribution in [0.25, 0.3) is 44.5 Å². The number of hydrogen-bond acceptors (Lipinski definition) is 3. The lowest BCUT2D eigenvalue weighted by Gasteiger charge is -2.28. The Bertz CT molecular complexity index is 1470. The Morgan fingerprint density at radius 1 is 0.848 bits per heavy atom. The van der Waals surface area contributed by atoms with Crippen molar-refractivity contribution in [3.8, 4) is 22.4 Å². The van der Waals surface area contributed by atoms with Crippen LogP contribution in [0.1, 0.15) is 51.9 Å². The lowest BCUT2D eigenvalue weighted by molar-refractivity contribution is 0.316. The lowest BCUT2D eigenvalue weighted by atomic mass is 9.78. The van der Waals surface area contributed by atoms with Gasteiger partial charge in [0, 0.05) is 35.7 Å². The Balaban J connectivity index is 1.41. The molecule has 1 fully saturated rings. The van der Waals surface area contributed by atoms with Gasteiger partial charge in [-0.05, 0) is 72.2 Å². The highest BCUT2D eigenvalue weighted by atomic mass is 16.3. The zero-order chi connectivity index (χ0) is 23.1. The molecule has 1 saturated carbocycles. The molecule has 3 nitrogen and oxygen atoms in total. The summed E-state index contributed by atoms with van der Waals surface area (Å²) in [5.74, 6) is -0.196. The third-order valence-electron chi connectivity index (χ3n) is 7.16. The van der Waals surface area contributed by atoms with E-state index in [4.69, 9.17) is 4.42 Å². The standard InChI is InChI=1S/C30H28N2O/c1-20(21-8-4-2-5-9-21)23-14-15-31-28(18-23)24-12-13-29-26(16-24)27-17-25(19-32-30(27)33-29)22-10-6-3-7-11-22/h3,6-7,10-21H,2,4-5,8-9H2,1H3/i20D. The van der Waals surface area contributed by atoms with Crippen LogP contribution in [0.3, 0.4) is 0 Å². The molecule has 0 aliphatic heterocycles. The zero-order valence-electron chi connectivity index (χ0n) is 19.9. The van der Waals surface area contributed by atoms with Crippen LogP contribution in [0.2, 0.25) is 0 Å². The van der Waals surface area contributed by atoms with Crippen LogP contribution in [0.5, 0.6) is 0 Å². The zero-order valence-corrected chi connectivity index (χ0v) is 18.9. The molecule has 1 unspecified atom stereocenters.